The number of ether oxygens (including phenoxy) is 1. The molecule has 0 bridgehead atoms. The van der Waals surface area contributed by atoms with Crippen LogP contribution in [0.15, 0.2) is 60.9 Å². The zero-order chi connectivity index (χ0) is 22.7. The van der Waals surface area contributed by atoms with E-state index in [1.807, 2.05) is 6.07 Å². The molecular formula is C23H21F3N4O2. The Morgan fingerprint density at radius 3 is 2.62 bits per heavy atom. The molecule has 3 aromatic rings. The fourth-order valence-electron chi connectivity index (χ4n) is 3.55. The molecule has 6 nitrogen and oxygen atoms in total. The number of amides is 1. The Kier molecular flexibility index (Phi) is 6.09. The number of aromatic nitrogens is 2. The molecule has 0 unspecified atom stereocenters. The maximum atomic E-state index is 12.9. The summed E-state index contributed by atoms with van der Waals surface area (Å²) in [5.41, 5.74) is 7.35. The van der Waals surface area contributed by atoms with Gasteiger partial charge in [-0.05, 0) is 41.8 Å². The molecule has 1 atom stereocenters. The van der Waals surface area contributed by atoms with Gasteiger partial charge in [-0.2, -0.15) is 13.2 Å². The molecule has 1 amide bonds. The lowest BCUT2D eigenvalue weighted by molar-refractivity contribution is -0.137. The van der Waals surface area contributed by atoms with Gasteiger partial charge in [0, 0.05) is 18.9 Å². The minimum absolute atomic E-state index is 0.160. The van der Waals surface area contributed by atoms with Crippen LogP contribution in [-0.4, -0.2) is 40.5 Å². The number of halogens is 3. The van der Waals surface area contributed by atoms with Crippen molar-refractivity contribution in [2.75, 3.05) is 25.4 Å². The third-order valence-corrected chi connectivity index (χ3v) is 5.23. The normalized spacial score (nSPS) is 16.7. The topological polar surface area (TPSA) is 81.3 Å². The standard InChI is InChI=1S/C23H21F3N4O2/c24-23(25,26)18-3-1-2-15(11-18)10-16-4-6-19(28-12-16)20-14-30(8-9-32-20)22(31)17-5-7-21(27)29-13-17/h1-7,11-13,20H,8-10,14H2,(H2,27,29)/t20-/m1/s1. The van der Waals surface area contributed by atoms with E-state index >= 15 is 0 Å². The van der Waals surface area contributed by atoms with Gasteiger partial charge in [0.05, 0.1) is 30.0 Å². The molecule has 32 heavy (non-hydrogen) atoms. The number of nitrogens with zero attached hydrogens (tertiary/aromatic N) is 3. The molecule has 0 radical (unpaired) electrons. The first-order valence-corrected chi connectivity index (χ1v) is 10.0. The van der Waals surface area contributed by atoms with E-state index in [0.717, 1.165) is 17.7 Å². The van der Waals surface area contributed by atoms with Crippen LogP contribution < -0.4 is 5.73 Å². The highest BCUT2D eigenvalue weighted by atomic mass is 19.4. The van der Waals surface area contributed by atoms with E-state index in [1.54, 1.807) is 35.4 Å². The van der Waals surface area contributed by atoms with E-state index in [9.17, 15) is 18.0 Å². The number of pyridine rings is 2. The van der Waals surface area contributed by atoms with Crippen LogP contribution in [-0.2, 0) is 17.3 Å². The summed E-state index contributed by atoms with van der Waals surface area (Å²) in [4.78, 5) is 22.8. The minimum atomic E-state index is -4.37. The second-order valence-electron chi connectivity index (χ2n) is 7.55. The molecular weight excluding hydrogens is 421 g/mol. The summed E-state index contributed by atoms with van der Waals surface area (Å²) >= 11 is 0. The second-order valence-corrected chi connectivity index (χ2v) is 7.55. The maximum Gasteiger partial charge on any atom is 0.416 e. The first kappa shape index (κ1) is 21.8. The van der Waals surface area contributed by atoms with Crippen LogP contribution in [0.5, 0.6) is 0 Å². The molecule has 9 heteroatoms. The van der Waals surface area contributed by atoms with Crippen LogP contribution in [0.1, 0.15) is 38.8 Å². The third-order valence-electron chi connectivity index (χ3n) is 5.23. The number of nitrogens with two attached hydrogens (primary N) is 1. The Morgan fingerprint density at radius 2 is 1.94 bits per heavy atom. The second kappa shape index (κ2) is 8.96. The third kappa shape index (κ3) is 5.05. The Bertz CT molecular complexity index is 1090. The summed E-state index contributed by atoms with van der Waals surface area (Å²) in [5, 5.41) is 0. The number of anilines is 1. The molecule has 2 aromatic heterocycles. The van der Waals surface area contributed by atoms with Crippen molar-refractivity contribution in [3.05, 3.63) is 88.9 Å². The summed E-state index contributed by atoms with van der Waals surface area (Å²) in [6.07, 6.45) is -1.36. The average Bonchev–Trinajstić information content (AvgIpc) is 2.79. The van der Waals surface area contributed by atoms with Crippen molar-refractivity contribution in [1.29, 1.82) is 0 Å². The number of nitrogen functional groups attached to an aromatic ring is 1. The molecule has 0 aliphatic carbocycles. The summed E-state index contributed by atoms with van der Waals surface area (Å²) in [5.74, 6) is 0.183. The quantitative estimate of drug-likeness (QED) is 0.663. The summed E-state index contributed by atoms with van der Waals surface area (Å²) < 4.78 is 44.5. The van der Waals surface area contributed by atoms with Gasteiger partial charge in [-0.3, -0.25) is 9.78 Å². The van der Waals surface area contributed by atoms with Crippen LogP contribution >= 0.6 is 0 Å². The Balaban J connectivity index is 1.42. The van der Waals surface area contributed by atoms with Crippen LogP contribution in [0, 0.1) is 0 Å². The van der Waals surface area contributed by atoms with Crippen molar-refractivity contribution in [3.8, 4) is 0 Å². The largest absolute Gasteiger partial charge is 0.416 e. The fourth-order valence-corrected chi connectivity index (χ4v) is 3.55. The van der Waals surface area contributed by atoms with Crippen LogP contribution in [0.4, 0.5) is 19.0 Å². The predicted octanol–water partition coefficient (Wildman–Crippen LogP) is 3.88. The highest BCUT2D eigenvalue weighted by molar-refractivity contribution is 5.94. The number of rotatable bonds is 4. The molecule has 2 N–H and O–H groups in total. The number of morpholine rings is 1. The van der Waals surface area contributed by atoms with Gasteiger partial charge >= 0.3 is 6.18 Å². The van der Waals surface area contributed by atoms with Gasteiger partial charge in [-0.1, -0.05) is 24.3 Å². The van der Waals surface area contributed by atoms with Gasteiger partial charge in [-0.15, -0.1) is 0 Å². The van der Waals surface area contributed by atoms with Crippen molar-refractivity contribution < 1.29 is 22.7 Å². The molecule has 1 fully saturated rings. The highest BCUT2D eigenvalue weighted by Gasteiger charge is 2.30. The molecule has 4 rings (SSSR count). The molecule has 1 aliphatic rings. The van der Waals surface area contributed by atoms with Gasteiger partial charge < -0.3 is 15.4 Å². The van der Waals surface area contributed by atoms with E-state index in [0.29, 0.717) is 48.8 Å². The monoisotopic (exact) mass is 442 g/mol. The minimum Gasteiger partial charge on any atom is -0.384 e. The molecule has 1 aliphatic heterocycles. The van der Waals surface area contributed by atoms with Gasteiger partial charge in [-0.25, -0.2) is 4.98 Å². The lowest BCUT2D eigenvalue weighted by Gasteiger charge is -2.32. The maximum absolute atomic E-state index is 12.9. The molecule has 0 spiro atoms. The van der Waals surface area contributed by atoms with Crippen LogP contribution in [0.2, 0.25) is 0 Å². The highest BCUT2D eigenvalue weighted by Crippen LogP contribution is 2.30. The van der Waals surface area contributed by atoms with E-state index in [4.69, 9.17) is 10.5 Å². The van der Waals surface area contributed by atoms with Crippen molar-refractivity contribution in [1.82, 2.24) is 14.9 Å². The number of carbonyl (C=O) groups is 1. The zero-order valence-corrected chi connectivity index (χ0v) is 17.0. The average molecular weight is 442 g/mol. The summed E-state index contributed by atoms with van der Waals surface area (Å²) in [6.45, 7) is 1.16. The number of hydrogen-bond acceptors (Lipinski definition) is 5. The molecule has 1 saturated heterocycles. The van der Waals surface area contributed by atoms with E-state index in [-0.39, 0.29) is 5.91 Å². The SMILES string of the molecule is Nc1ccc(C(=O)N2CCO[C@@H](c3ccc(Cc4cccc(C(F)(F)F)c4)cn3)C2)cn1. The molecule has 166 valence electrons. The lowest BCUT2D eigenvalue weighted by atomic mass is 10.0. The number of benzene rings is 1. The Morgan fingerprint density at radius 1 is 1.09 bits per heavy atom. The van der Waals surface area contributed by atoms with Crippen molar-refractivity contribution in [2.24, 2.45) is 0 Å². The first-order valence-electron chi connectivity index (χ1n) is 10.0. The van der Waals surface area contributed by atoms with Gasteiger partial charge in [0.1, 0.15) is 11.9 Å². The number of alkyl halides is 3. The van der Waals surface area contributed by atoms with Crippen LogP contribution in [0.25, 0.3) is 0 Å². The smallest absolute Gasteiger partial charge is 0.384 e. The molecule has 1 aromatic carbocycles. The van der Waals surface area contributed by atoms with E-state index in [2.05, 4.69) is 9.97 Å². The Hall–Kier alpha value is -3.46. The van der Waals surface area contributed by atoms with Gasteiger partial charge in [0.2, 0.25) is 0 Å². The number of hydrogen-bond donors (Lipinski definition) is 1. The molecule has 3 heterocycles. The van der Waals surface area contributed by atoms with Gasteiger partial charge in [0.25, 0.3) is 5.91 Å². The number of carbonyl (C=O) groups excluding carboxylic acids is 1. The summed E-state index contributed by atoms with van der Waals surface area (Å²) in [6, 6.07) is 12.1. The van der Waals surface area contributed by atoms with Crippen molar-refractivity contribution in [2.45, 2.75) is 18.7 Å². The van der Waals surface area contributed by atoms with Crippen molar-refractivity contribution in [3.63, 3.8) is 0 Å². The fraction of sp³-hybridized carbons (Fsp3) is 0.261. The predicted molar refractivity (Wildman–Crippen MR) is 112 cm³/mol. The van der Waals surface area contributed by atoms with E-state index in [1.165, 1.54) is 12.3 Å². The van der Waals surface area contributed by atoms with Gasteiger partial charge in [0.15, 0.2) is 0 Å². The van der Waals surface area contributed by atoms with Crippen LogP contribution in [0.3, 0.4) is 0 Å². The Labute approximate surface area is 182 Å². The van der Waals surface area contributed by atoms with Crippen molar-refractivity contribution >= 4 is 11.7 Å². The van der Waals surface area contributed by atoms with E-state index < -0.39 is 17.8 Å². The molecule has 0 saturated carbocycles. The zero-order valence-electron chi connectivity index (χ0n) is 17.0. The summed E-state index contributed by atoms with van der Waals surface area (Å²) in [7, 11) is 0. The lowest BCUT2D eigenvalue weighted by Crippen LogP contribution is -2.42. The first-order chi connectivity index (χ1) is 15.3.